The van der Waals surface area contributed by atoms with E-state index in [9.17, 15) is 5.26 Å². The first-order chi connectivity index (χ1) is 10.1. The van der Waals surface area contributed by atoms with Crippen LogP contribution in [-0.4, -0.2) is 36.6 Å². The standard InChI is InChI=1S/C18H27N3/c1-18(15-19,20-17-9-10-17)12-6-13-21(2)14-11-16-7-4-3-5-8-16/h3-5,7-8,17,20H,6,9-14H2,1-2H3. The largest absolute Gasteiger partial charge is 0.306 e. The molecule has 0 spiro atoms. The number of nitriles is 1. The lowest BCUT2D eigenvalue weighted by molar-refractivity contribution is 0.306. The fraction of sp³-hybridized carbons (Fsp3) is 0.611. The van der Waals surface area contributed by atoms with Crippen LogP contribution in [0.15, 0.2) is 30.3 Å². The van der Waals surface area contributed by atoms with Gasteiger partial charge in [-0.15, -0.1) is 0 Å². The summed E-state index contributed by atoms with van der Waals surface area (Å²) in [6.07, 6.45) is 5.54. The third kappa shape index (κ3) is 5.87. The van der Waals surface area contributed by atoms with Crippen LogP contribution < -0.4 is 5.32 Å². The van der Waals surface area contributed by atoms with E-state index in [0.717, 1.165) is 32.4 Å². The molecular weight excluding hydrogens is 258 g/mol. The zero-order valence-electron chi connectivity index (χ0n) is 13.3. The first-order valence-electron chi connectivity index (χ1n) is 8.03. The molecule has 0 saturated heterocycles. The van der Waals surface area contributed by atoms with Gasteiger partial charge in [-0.05, 0) is 58.2 Å². The fourth-order valence-electron chi connectivity index (χ4n) is 2.62. The van der Waals surface area contributed by atoms with Crippen molar-refractivity contribution in [2.24, 2.45) is 0 Å². The van der Waals surface area contributed by atoms with E-state index in [0.29, 0.717) is 6.04 Å². The number of nitrogens with zero attached hydrogens (tertiary/aromatic N) is 2. The molecule has 1 aromatic carbocycles. The van der Waals surface area contributed by atoms with Gasteiger partial charge in [0.1, 0.15) is 5.54 Å². The molecule has 114 valence electrons. The van der Waals surface area contributed by atoms with Gasteiger partial charge in [-0.25, -0.2) is 0 Å². The van der Waals surface area contributed by atoms with Crippen LogP contribution in [0, 0.1) is 11.3 Å². The predicted octanol–water partition coefficient (Wildman–Crippen LogP) is 2.98. The van der Waals surface area contributed by atoms with Crippen molar-refractivity contribution in [3.05, 3.63) is 35.9 Å². The van der Waals surface area contributed by atoms with Crippen LogP contribution in [0.1, 0.15) is 38.2 Å². The molecule has 0 aliphatic heterocycles. The highest BCUT2D eigenvalue weighted by Gasteiger charge is 2.31. The summed E-state index contributed by atoms with van der Waals surface area (Å²) < 4.78 is 0. The number of nitrogens with one attached hydrogen (secondary N) is 1. The Morgan fingerprint density at radius 3 is 2.62 bits per heavy atom. The summed E-state index contributed by atoms with van der Waals surface area (Å²) >= 11 is 0. The summed E-state index contributed by atoms with van der Waals surface area (Å²) in [7, 11) is 2.17. The van der Waals surface area contributed by atoms with Crippen LogP contribution >= 0.6 is 0 Å². The van der Waals surface area contributed by atoms with E-state index in [4.69, 9.17) is 0 Å². The van der Waals surface area contributed by atoms with Gasteiger partial charge < -0.3 is 4.90 Å². The van der Waals surface area contributed by atoms with Crippen molar-refractivity contribution in [3.63, 3.8) is 0 Å². The maximum atomic E-state index is 9.35. The van der Waals surface area contributed by atoms with Gasteiger partial charge in [0, 0.05) is 12.6 Å². The van der Waals surface area contributed by atoms with Gasteiger partial charge in [0.2, 0.25) is 0 Å². The molecule has 1 fully saturated rings. The Hall–Kier alpha value is -1.37. The minimum Gasteiger partial charge on any atom is -0.306 e. The third-order valence-corrected chi connectivity index (χ3v) is 4.19. The summed E-state index contributed by atoms with van der Waals surface area (Å²) in [5.41, 5.74) is 1.04. The molecule has 1 aromatic rings. The highest BCUT2D eigenvalue weighted by Crippen LogP contribution is 2.24. The number of benzene rings is 1. The first kappa shape index (κ1) is 16.0. The normalized spacial score (nSPS) is 17.4. The van der Waals surface area contributed by atoms with Gasteiger partial charge in [0.25, 0.3) is 0 Å². The molecule has 3 nitrogen and oxygen atoms in total. The van der Waals surface area contributed by atoms with Gasteiger partial charge in [-0.1, -0.05) is 30.3 Å². The van der Waals surface area contributed by atoms with Crippen LogP contribution in [0.2, 0.25) is 0 Å². The van der Waals surface area contributed by atoms with Crippen molar-refractivity contribution in [3.8, 4) is 6.07 Å². The Bertz CT molecular complexity index is 461. The number of likely N-dealkylation sites (N-methyl/N-ethyl adjacent to an activating group) is 1. The average molecular weight is 285 g/mol. The zero-order valence-corrected chi connectivity index (χ0v) is 13.3. The van der Waals surface area contributed by atoms with Crippen LogP contribution in [0.25, 0.3) is 0 Å². The monoisotopic (exact) mass is 285 g/mol. The molecule has 0 aromatic heterocycles. The predicted molar refractivity (Wildman–Crippen MR) is 87.1 cm³/mol. The van der Waals surface area contributed by atoms with Crippen LogP contribution in [0.4, 0.5) is 0 Å². The summed E-state index contributed by atoms with van der Waals surface area (Å²) in [6, 6.07) is 13.6. The Balaban J connectivity index is 1.64. The summed E-state index contributed by atoms with van der Waals surface area (Å²) in [4.78, 5) is 2.36. The fourth-order valence-corrected chi connectivity index (χ4v) is 2.62. The number of rotatable bonds is 9. The SMILES string of the molecule is CN(CCCC(C)(C#N)NC1CC1)CCc1ccccc1. The van der Waals surface area contributed by atoms with E-state index in [1.165, 1.54) is 18.4 Å². The lowest BCUT2D eigenvalue weighted by atomic mass is 9.97. The Labute approximate surface area is 129 Å². The maximum absolute atomic E-state index is 9.35. The lowest BCUT2D eigenvalue weighted by Gasteiger charge is -2.24. The van der Waals surface area contributed by atoms with Crippen molar-refractivity contribution in [1.82, 2.24) is 10.2 Å². The molecule has 1 unspecified atom stereocenters. The molecule has 0 radical (unpaired) electrons. The molecule has 1 aliphatic carbocycles. The van der Waals surface area contributed by atoms with E-state index in [-0.39, 0.29) is 5.54 Å². The van der Waals surface area contributed by atoms with Crippen LogP contribution in [0.3, 0.4) is 0 Å². The minimum absolute atomic E-state index is 0.346. The van der Waals surface area contributed by atoms with Gasteiger partial charge in [0.05, 0.1) is 6.07 Å². The van der Waals surface area contributed by atoms with E-state index in [2.05, 4.69) is 53.7 Å². The maximum Gasteiger partial charge on any atom is 0.104 e. The topological polar surface area (TPSA) is 39.1 Å². The van der Waals surface area contributed by atoms with Gasteiger partial charge in [-0.2, -0.15) is 5.26 Å². The van der Waals surface area contributed by atoms with Crippen LogP contribution in [0.5, 0.6) is 0 Å². The van der Waals surface area contributed by atoms with E-state index in [1.54, 1.807) is 0 Å². The second-order valence-corrected chi connectivity index (χ2v) is 6.50. The second-order valence-electron chi connectivity index (χ2n) is 6.50. The Kier molecular flexibility index (Phi) is 5.78. The molecule has 1 atom stereocenters. The number of hydrogen-bond donors (Lipinski definition) is 1. The van der Waals surface area contributed by atoms with Crippen molar-refractivity contribution in [2.75, 3.05) is 20.1 Å². The van der Waals surface area contributed by atoms with Crippen LogP contribution in [-0.2, 0) is 6.42 Å². The summed E-state index contributed by atoms with van der Waals surface area (Å²) in [6.45, 7) is 4.16. The molecule has 0 amide bonds. The van der Waals surface area contributed by atoms with Gasteiger partial charge in [0.15, 0.2) is 0 Å². The Morgan fingerprint density at radius 2 is 2.00 bits per heavy atom. The Morgan fingerprint density at radius 1 is 1.29 bits per heavy atom. The minimum atomic E-state index is -0.346. The molecular formula is C18H27N3. The van der Waals surface area contributed by atoms with E-state index < -0.39 is 0 Å². The summed E-state index contributed by atoms with van der Waals surface area (Å²) in [5, 5.41) is 12.8. The molecule has 2 rings (SSSR count). The molecule has 1 aliphatic rings. The molecule has 0 bridgehead atoms. The molecule has 3 heteroatoms. The lowest BCUT2D eigenvalue weighted by Crippen LogP contribution is -2.42. The highest BCUT2D eigenvalue weighted by molar-refractivity contribution is 5.14. The van der Waals surface area contributed by atoms with E-state index in [1.807, 2.05) is 6.92 Å². The van der Waals surface area contributed by atoms with Crippen molar-refractivity contribution < 1.29 is 0 Å². The number of hydrogen-bond acceptors (Lipinski definition) is 3. The molecule has 1 N–H and O–H groups in total. The van der Waals surface area contributed by atoms with Crippen molar-refractivity contribution in [1.29, 1.82) is 5.26 Å². The summed E-state index contributed by atoms with van der Waals surface area (Å²) in [5.74, 6) is 0. The van der Waals surface area contributed by atoms with Gasteiger partial charge >= 0.3 is 0 Å². The highest BCUT2D eigenvalue weighted by atomic mass is 15.1. The first-order valence-corrected chi connectivity index (χ1v) is 8.03. The third-order valence-electron chi connectivity index (χ3n) is 4.19. The quantitative estimate of drug-likeness (QED) is 0.758. The average Bonchev–Trinajstić information content (AvgIpc) is 3.30. The van der Waals surface area contributed by atoms with E-state index >= 15 is 0 Å². The molecule has 1 saturated carbocycles. The van der Waals surface area contributed by atoms with Crippen molar-refractivity contribution in [2.45, 2.75) is 50.6 Å². The second kappa shape index (κ2) is 7.59. The molecule has 21 heavy (non-hydrogen) atoms. The smallest absolute Gasteiger partial charge is 0.104 e. The van der Waals surface area contributed by atoms with Gasteiger partial charge in [-0.3, -0.25) is 5.32 Å². The zero-order chi connectivity index (χ0) is 15.1. The molecule has 0 heterocycles. The van der Waals surface area contributed by atoms with Crippen molar-refractivity contribution >= 4 is 0 Å².